The van der Waals surface area contributed by atoms with Crippen LogP contribution < -0.4 is 10.1 Å². The van der Waals surface area contributed by atoms with Gasteiger partial charge in [-0.3, -0.25) is 0 Å². The highest BCUT2D eigenvalue weighted by atomic mass is 16.5. The standard InChI is InChI=1S/C14H18N2O2/c15-7-12-3-1-2-4-14(12)18-10-13(17)9-16-8-11-5-6-11/h1-4,11,13,16-17H,5-6,8-10H2. The second kappa shape index (κ2) is 6.39. The smallest absolute Gasteiger partial charge is 0.137 e. The highest BCUT2D eigenvalue weighted by Gasteiger charge is 2.20. The fourth-order valence-electron chi connectivity index (χ4n) is 1.71. The lowest BCUT2D eigenvalue weighted by molar-refractivity contribution is 0.106. The molecule has 0 amide bonds. The van der Waals surface area contributed by atoms with E-state index in [1.54, 1.807) is 18.2 Å². The average molecular weight is 246 g/mol. The van der Waals surface area contributed by atoms with E-state index in [0.717, 1.165) is 12.5 Å². The predicted molar refractivity (Wildman–Crippen MR) is 68.3 cm³/mol. The molecule has 1 aromatic rings. The molecule has 0 aromatic heterocycles. The fourth-order valence-corrected chi connectivity index (χ4v) is 1.71. The van der Waals surface area contributed by atoms with E-state index in [-0.39, 0.29) is 6.61 Å². The van der Waals surface area contributed by atoms with Gasteiger partial charge in [0.2, 0.25) is 0 Å². The maximum atomic E-state index is 9.74. The summed E-state index contributed by atoms with van der Waals surface area (Å²) in [5, 5.41) is 21.8. The van der Waals surface area contributed by atoms with Crippen LogP contribution in [-0.4, -0.2) is 30.9 Å². The molecule has 1 atom stereocenters. The number of aliphatic hydroxyl groups is 1. The van der Waals surface area contributed by atoms with Gasteiger partial charge in [0.05, 0.1) is 5.56 Å². The van der Waals surface area contributed by atoms with Gasteiger partial charge in [0, 0.05) is 6.54 Å². The summed E-state index contributed by atoms with van der Waals surface area (Å²) in [5.41, 5.74) is 0.496. The van der Waals surface area contributed by atoms with E-state index in [0.29, 0.717) is 17.9 Å². The van der Waals surface area contributed by atoms with E-state index >= 15 is 0 Å². The van der Waals surface area contributed by atoms with Crippen LogP contribution in [0.1, 0.15) is 18.4 Å². The zero-order valence-corrected chi connectivity index (χ0v) is 10.3. The third kappa shape index (κ3) is 4.02. The van der Waals surface area contributed by atoms with Gasteiger partial charge in [0.15, 0.2) is 0 Å². The van der Waals surface area contributed by atoms with Crippen molar-refractivity contribution in [2.45, 2.75) is 18.9 Å². The SMILES string of the molecule is N#Cc1ccccc1OCC(O)CNCC1CC1. The molecule has 1 fully saturated rings. The van der Waals surface area contributed by atoms with E-state index in [9.17, 15) is 5.11 Å². The number of nitrogens with zero attached hydrogens (tertiary/aromatic N) is 1. The lowest BCUT2D eigenvalue weighted by Gasteiger charge is -2.13. The Morgan fingerprint density at radius 2 is 2.22 bits per heavy atom. The first kappa shape index (κ1) is 12.9. The first-order valence-electron chi connectivity index (χ1n) is 6.30. The van der Waals surface area contributed by atoms with Gasteiger partial charge < -0.3 is 15.2 Å². The third-order valence-electron chi connectivity index (χ3n) is 2.95. The highest BCUT2D eigenvalue weighted by molar-refractivity contribution is 5.42. The molecule has 1 aliphatic rings. The Labute approximate surface area is 107 Å². The predicted octanol–water partition coefficient (Wildman–Crippen LogP) is 1.30. The number of rotatable bonds is 7. The molecule has 18 heavy (non-hydrogen) atoms. The molecule has 0 aliphatic heterocycles. The average Bonchev–Trinajstić information content (AvgIpc) is 3.21. The van der Waals surface area contributed by atoms with Gasteiger partial charge in [-0.2, -0.15) is 5.26 Å². The zero-order chi connectivity index (χ0) is 12.8. The third-order valence-corrected chi connectivity index (χ3v) is 2.95. The quantitative estimate of drug-likeness (QED) is 0.761. The minimum atomic E-state index is -0.546. The van der Waals surface area contributed by atoms with Crippen LogP contribution in [0.2, 0.25) is 0 Å². The molecular weight excluding hydrogens is 228 g/mol. The van der Waals surface area contributed by atoms with Crippen LogP contribution in [0.3, 0.4) is 0 Å². The van der Waals surface area contributed by atoms with Crippen LogP contribution in [0.25, 0.3) is 0 Å². The first-order valence-corrected chi connectivity index (χ1v) is 6.30. The molecule has 0 radical (unpaired) electrons. The Morgan fingerprint density at radius 1 is 1.44 bits per heavy atom. The molecule has 0 spiro atoms. The van der Waals surface area contributed by atoms with Crippen LogP contribution in [-0.2, 0) is 0 Å². The lowest BCUT2D eigenvalue weighted by Crippen LogP contribution is -2.32. The van der Waals surface area contributed by atoms with Gasteiger partial charge in [0.25, 0.3) is 0 Å². The van der Waals surface area contributed by atoms with Crippen LogP contribution in [0.4, 0.5) is 0 Å². The minimum Gasteiger partial charge on any atom is -0.489 e. The van der Waals surface area contributed by atoms with Crippen LogP contribution >= 0.6 is 0 Å². The van der Waals surface area contributed by atoms with Crippen molar-refractivity contribution < 1.29 is 9.84 Å². The molecule has 2 N–H and O–H groups in total. The summed E-state index contributed by atoms with van der Waals surface area (Å²) in [5.74, 6) is 1.33. The molecule has 1 saturated carbocycles. The number of nitrogens with one attached hydrogen (secondary N) is 1. The molecule has 1 aromatic carbocycles. The Morgan fingerprint density at radius 3 is 2.94 bits per heavy atom. The van der Waals surface area contributed by atoms with Crippen molar-refractivity contribution in [2.24, 2.45) is 5.92 Å². The first-order chi connectivity index (χ1) is 8.79. The molecule has 0 saturated heterocycles. The molecule has 0 bridgehead atoms. The van der Waals surface area contributed by atoms with Crippen molar-refractivity contribution in [1.29, 1.82) is 5.26 Å². The van der Waals surface area contributed by atoms with Gasteiger partial charge in [0.1, 0.15) is 24.5 Å². The maximum absolute atomic E-state index is 9.74. The topological polar surface area (TPSA) is 65.3 Å². The van der Waals surface area contributed by atoms with Crippen molar-refractivity contribution in [2.75, 3.05) is 19.7 Å². The summed E-state index contributed by atoms with van der Waals surface area (Å²) in [6.07, 6.45) is 2.06. The number of ether oxygens (including phenoxy) is 1. The van der Waals surface area contributed by atoms with Crippen molar-refractivity contribution in [3.8, 4) is 11.8 Å². The molecular formula is C14H18N2O2. The van der Waals surface area contributed by atoms with Crippen molar-refractivity contribution in [1.82, 2.24) is 5.32 Å². The van der Waals surface area contributed by atoms with E-state index in [1.807, 2.05) is 6.07 Å². The summed E-state index contributed by atoms with van der Waals surface area (Å²) in [6.45, 7) is 1.72. The fraction of sp³-hybridized carbons (Fsp3) is 0.500. The summed E-state index contributed by atoms with van der Waals surface area (Å²) in [4.78, 5) is 0. The summed E-state index contributed by atoms with van der Waals surface area (Å²) in [6, 6.07) is 9.11. The summed E-state index contributed by atoms with van der Waals surface area (Å²) < 4.78 is 5.45. The Hall–Kier alpha value is -1.57. The number of hydrogen-bond donors (Lipinski definition) is 2. The molecule has 4 nitrogen and oxygen atoms in total. The lowest BCUT2D eigenvalue weighted by atomic mass is 10.2. The van der Waals surface area contributed by atoms with Crippen LogP contribution in [0.15, 0.2) is 24.3 Å². The summed E-state index contributed by atoms with van der Waals surface area (Å²) >= 11 is 0. The number of para-hydroxylation sites is 1. The molecule has 4 heteroatoms. The van der Waals surface area contributed by atoms with Crippen LogP contribution in [0, 0.1) is 17.2 Å². The molecule has 1 unspecified atom stereocenters. The van der Waals surface area contributed by atoms with Crippen LogP contribution in [0.5, 0.6) is 5.75 Å². The number of hydrogen-bond acceptors (Lipinski definition) is 4. The molecule has 2 rings (SSSR count). The van der Waals surface area contributed by atoms with Gasteiger partial charge in [-0.15, -0.1) is 0 Å². The van der Waals surface area contributed by atoms with Crippen molar-refractivity contribution in [3.63, 3.8) is 0 Å². The van der Waals surface area contributed by atoms with Crippen molar-refractivity contribution in [3.05, 3.63) is 29.8 Å². The molecule has 96 valence electrons. The van der Waals surface area contributed by atoms with Gasteiger partial charge in [-0.05, 0) is 37.4 Å². The largest absolute Gasteiger partial charge is 0.489 e. The van der Waals surface area contributed by atoms with Gasteiger partial charge in [-0.25, -0.2) is 0 Å². The Kier molecular flexibility index (Phi) is 4.57. The normalized spacial score (nSPS) is 16.0. The minimum absolute atomic E-state index is 0.205. The molecule has 0 heterocycles. The van der Waals surface area contributed by atoms with Gasteiger partial charge in [-0.1, -0.05) is 12.1 Å². The second-order valence-corrected chi connectivity index (χ2v) is 4.67. The number of aliphatic hydroxyl groups excluding tert-OH is 1. The monoisotopic (exact) mass is 246 g/mol. The van der Waals surface area contributed by atoms with Crippen molar-refractivity contribution >= 4 is 0 Å². The Balaban J connectivity index is 1.70. The van der Waals surface area contributed by atoms with E-state index in [4.69, 9.17) is 10.00 Å². The molecule has 1 aliphatic carbocycles. The van der Waals surface area contributed by atoms with E-state index < -0.39 is 6.10 Å². The maximum Gasteiger partial charge on any atom is 0.137 e. The van der Waals surface area contributed by atoms with E-state index in [2.05, 4.69) is 11.4 Å². The van der Waals surface area contributed by atoms with E-state index in [1.165, 1.54) is 12.8 Å². The number of nitriles is 1. The zero-order valence-electron chi connectivity index (χ0n) is 10.3. The van der Waals surface area contributed by atoms with Gasteiger partial charge >= 0.3 is 0 Å². The summed E-state index contributed by atoms with van der Waals surface area (Å²) in [7, 11) is 0. The number of benzene rings is 1. The highest BCUT2D eigenvalue weighted by Crippen LogP contribution is 2.27. The Bertz CT molecular complexity index is 424. The second-order valence-electron chi connectivity index (χ2n) is 4.67.